The van der Waals surface area contributed by atoms with Crippen molar-refractivity contribution in [2.75, 3.05) is 19.5 Å². The van der Waals surface area contributed by atoms with E-state index in [1.54, 1.807) is 0 Å². The third-order valence-corrected chi connectivity index (χ3v) is 5.22. The van der Waals surface area contributed by atoms with Gasteiger partial charge >= 0.3 is 6.36 Å². The standard InChI is InChI=1S/C22H17ClF5N3O6/c1-34-14-8-13(36-12-4-3-11(37-22(26,27)28)17(24)19(12)35-2)15(18(25)16(14)23)21(33)31-9-5-6-30-10(7-9)20(29)32/h3-8,14,16H,1-2H3,(H2,29,32)(H,30,31,33). The Hall–Kier alpha value is -3.91. The number of aromatic nitrogens is 1. The van der Waals surface area contributed by atoms with Crippen LogP contribution in [0, 0.1) is 5.82 Å². The van der Waals surface area contributed by atoms with Crippen LogP contribution in [0.15, 0.2) is 53.7 Å². The molecule has 0 radical (unpaired) electrons. The fourth-order valence-electron chi connectivity index (χ4n) is 3.16. The third-order valence-electron chi connectivity index (χ3n) is 4.78. The van der Waals surface area contributed by atoms with Crippen LogP contribution < -0.4 is 25.3 Å². The lowest BCUT2D eigenvalue weighted by atomic mass is 10.00. The lowest BCUT2D eigenvalue weighted by Crippen LogP contribution is -2.32. The molecule has 0 aliphatic heterocycles. The van der Waals surface area contributed by atoms with Crippen molar-refractivity contribution >= 4 is 29.1 Å². The molecule has 0 spiro atoms. The number of methoxy groups -OCH3 is 2. The van der Waals surface area contributed by atoms with Crippen molar-refractivity contribution < 1.29 is 50.5 Å². The molecule has 198 valence electrons. The number of benzene rings is 1. The molecule has 1 aliphatic rings. The number of alkyl halides is 4. The topological polar surface area (TPSA) is 122 Å². The maximum Gasteiger partial charge on any atom is 0.573 e. The van der Waals surface area contributed by atoms with E-state index >= 15 is 4.39 Å². The molecule has 2 amide bonds. The summed E-state index contributed by atoms with van der Waals surface area (Å²) in [5.74, 6) is -7.85. The van der Waals surface area contributed by atoms with E-state index in [1.165, 1.54) is 13.2 Å². The van der Waals surface area contributed by atoms with Gasteiger partial charge in [-0.15, -0.1) is 24.8 Å². The zero-order valence-electron chi connectivity index (χ0n) is 18.9. The Bertz CT molecular complexity index is 1280. The average Bonchev–Trinajstić information content (AvgIpc) is 2.82. The second kappa shape index (κ2) is 11.0. The van der Waals surface area contributed by atoms with Crippen LogP contribution in [0.1, 0.15) is 10.5 Å². The van der Waals surface area contributed by atoms with E-state index in [-0.39, 0.29) is 11.4 Å². The quantitative estimate of drug-likeness (QED) is 0.377. The molecular weight excluding hydrogens is 533 g/mol. The molecule has 0 bridgehead atoms. The largest absolute Gasteiger partial charge is 0.573 e. The Morgan fingerprint density at radius 3 is 2.41 bits per heavy atom. The molecule has 3 N–H and O–H groups in total. The Labute approximate surface area is 210 Å². The lowest BCUT2D eigenvalue weighted by molar-refractivity contribution is -0.275. The average molecular weight is 550 g/mol. The van der Waals surface area contributed by atoms with Crippen LogP contribution in [-0.2, 0) is 9.53 Å². The van der Waals surface area contributed by atoms with E-state index in [2.05, 4.69) is 15.0 Å². The Morgan fingerprint density at radius 1 is 1.14 bits per heavy atom. The number of primary amides is 1. The molecule has 2 atom stereocenters. The maximum absolute atomic E-state index is 15.3. The molecule has 2 aromatic rings. The normalized spacial score (nSPS) is 17.7. The monoisotopic (exact) mass is 549 g/mol. The van der Waals surface area contributed by atoms with Crippen LogP contribution in [0.5, 0.6) is 17.2 Å². The number of halogens is 6. The molecular formula is C22H17ClF5N3O6. The van der Waals surface area contributed by atoms with Crippen LogP contribution in [0.25, 0.3) is 0 Å². The Balaban J connectivity index is 2.00. The summed E-state index contributed by atoms with van der Waals surface area (Å²) in [5, 5.41) is 0.852. The van der Waals surface area contributed by atoms with Crippen LogP contribution in [-0.4, -0.2) is 48.9 Å². The van der Waals surface area contributed by atoms with E-state index in [0.717, 1.165) is 31.5 Å². The number of ether oxygens (including phenoxy) is 4. The van der Waals surface area contributed by atoms with Crippen molar-refractivity contribution in [2.45, 2.75) is 17.8 Å². The van der Waals surface area contributed by atoms with Gasteiger partial charge in [0.05, 0.1) is 7.11 Å². The van der Waals surface area contributed by atoms with Gasteiger partial charge in [0, 0.05) is 19.0 Å². The maximum atomic E-state index is 15.3. The molecule has 0 fully saturated rings. The number of nitrogens with zero attached hydrogens (tertiary/aromatic N) is 1. The first-order valence-electron chi connectivity index (χ1n) is 10.0. The summed E-state index contributed by atoms with van der Waals surface area (Å²) in [6, 6.07) is 3.86. The molecule has 1 heterocycles. The first-order valence-corrected chi connectivity index (χ1v) is 10.5. The number of carbonyl (C=O) groups is 2. The summed E-state index contributed by atoms with van der Waals surface area (Å²) in [6.45, 7) is 0. The van der Waals surface area contributed by atoms with Gasteiger partial charge in [0.2, 0.25) is 11.6 Å². The number of carbonyl (C=O) groups excluding carboxylic acids is 2. The first kappa shape index (κ1) is 27.7. The highest BCUT2D eigenvalue weighted by Crippen LogP contribution is 2.41. The minimum absolute atomic E-state index is 0.00529. The van der Waals surface area contributed by atoms with Gasteiger partial charge in [-0.2, -0.15) is 4.39 Å². The third kappa shape index (κ3) is 6.27. The lowest BCUT2D eigenvalue weighted by Gasteiger charge is -2.26. The molecule has 0 saturated carbocycles. The fraction of sp³-hybridized carbons (Fsp3) is 0.227. The van der Waals surface area contributed by atoms with Gasteiger partial charge in [0.25, 0.3) is 11.8 Å². The van der Waals surface area contributed by atoms with Gasteiger partial charge in [-0.05, 0) is 30.3 Å². The summed E-state index contributed by atoms with van der Waals surface area (Å²) in [7, 11) is 2.13. The summed E-state index contributed by atoms with van der Waals surface area (Å²) in [5.41, 5.74) is 4.22. The van der Waals surface area contributed by atoms with Crippen LogP contribution in [0.4, 0.5) is 27.6 Å². The van der Waals surface area contributed by atoms with E-state index in [9.17, 15) is 27.2 Å². The Morgan fingerprint density at radius 2 is 1.81 bits per heavy atom. The number of amides is 2. The molecule has 15 heteroatoms. The van der Waals surface area contributed by atoms with E-state index in [0.29, 0.717) is 6.07 Å². The van der Waals surface area contributed by atoms with Crippen molar-refractivity contribution in [3.63, 3.8) is 0 Å². The molecule has 9 nitrogen and oxygen atoms in total. The van der Waals surface area contributed by atoms with Gasteiger partial charge in [0.1, 0.15) is 34.3 Å². The second-order valence-corrected chi connectivity index (χ2v) is 7.63. The van der Waals surface area contributed by atoms with Crippen LogP contribution >= 0.6 is 11.6 Å². The van der Waals surface area contributed by atoms with Gasteiger partial charge in [-0.25, -0.2) is 4.39 Å². The van der Waals surface area contributed by atoms with Crippen molar-refractivity contribution in [3.8, 4) is 17.2 Å². The highest BCUT2D eigenvalue weighted by molar-refractivity contribution is 6.24. The number of hydrogen-bond acceptors (Lipinski definition) is 7. The summed E-state index contributed by atoms with van der Waals surface area (Å²) >= 11 is 6.06. The minimum Gasteiger partial charge on any atom is -0.490 e. The first-order chi connectivity index (χ1) is 17.4. The molecule has 2 unspecified atom stereocenters. The van der Waals surface area contributed by atoms with E-state index in [4.69, 9.17) is 31.5 Å². The molecule has 1 aromatic heterocycles. The van der Waals surface area contributed by atoms with E-state index < -0.39 is 69.9 Å². The van der Waals surface area contributed by atoms with Gasteiger partial charge in [0.15, 0.2) is 11.5 Å². The summed E-state index contributed by atoms with van der Waals surface area (Å²) in [6.07, 6.45) is -4.08. The SMILES string of the molecule is COc1c(OC2=CC(OC)C(Cl)C(F)=C2C(=O)Nc2ccnc(C(N)=O)c2)ccc(OC(F)(F)F)c1F. The minimum atomic E-state index is -5.19. The van der Waals surface area contributed by atoms with Crippen molar-refractivity contribution in [3.05, 3.63) is 65.2 Å². The predicted octanol–water partition coefficient (Wildman–Crippen LogP) is 3.99. The predicted molar refractivity (Wildman–Crippen MR) is 118 cm³/mol. The highest BCUT2D eigenvalue weighted by Gasteiger charge is 2.37. The van der Waals surface area contributed by atoms with Crippen molar-refractivity contribution in [1.29, 1.82) is 0 Å². The molecule has 1 aromatic carbocycles. The van der Waals surface area contributed by atoms with Gasteiger partial charge in [-0.1, -0.05) is 0 Å². The number of hydrogen-bond donors (Lipinski definition) is 2. The van der Waals surface area contributed by atoms with Gasteiger partial charge in [-0.3, -0.25) is 14.6 Å². The zero-order chi connectivity index (χ0) is 27.5. The fourth-order valence-corrected chi connectivity index (χ4v) is 3.44. The second-order valence-electron chi connectivity index (χ2n) is 7.16. The van der Waals surface area contributed by atoms with Gasteiger partial charge < -0.3 is 30.0 Å². The smallest absolute Gasteiger partial charge is 0.490 e. The highest BCUT2D eigenvalue weighted by atomic mass is 35.5. The number of nitrogens with two attached hydrogens (primary N) is 1. The van der Waals surface area contributed by atoms with Crippen LogP contribution in [0.3, 0.4) is 0 Å². The van der Waals surface area contributed by atoms with E-state index in [1.807, 2.05) is 0 Å². The molecule has 1 aliphatic carbocycles. The molecule has 0 saturated heterocycles. The zero-order valence-corrected chi connectivity index (χ0v) is 19.6. The number of rotatable bonds is 8. The van der Waals surface area contributed by atoms with Crippen molar-refractivity contribution in [2.24, 2.45) is 5.73 Å². The molecule has 3 rings (SSSR count). The summed E-state index contributed by atoms with van der Waals surface area (Å²) in [4.78, 5) is 28.1. The Kier molecular flexibility index (Phi) is 8.23. The summed E-state index contributed by atoms with van der Waals surface area (Å²) < 4.78 is 86.6. The number of nitrogens with one attached hydrogen (secondary N) is 1. The molecule has 37 heavy (non-hydrogen) atoms. The number of pyridine rings is 1. The number of anilines is 1. The van der Waals surface area contributed by atoms with Crippen molar-refractivity contribution in [1.82, 2.24) is 4.98 Å². The van der Waals surface area contributed by atoms with Crippen LogP contribution in [0.2, 0.25) is 0 Å².